The molecule has 11 heteroatoms. The van der Waals surface area contributed by atoms with Gasteiger partial charge in [-0.15, -0.1) is 24.0 Å². The summed E-state index contributed by atoms with van der Waals surface area (Å²) >= 11 is 0. The standard InChI is InChI=1S/C21H33F3N4O3.HI/c1-4-25-20(26-7-5-9-31-15-21(22,23)24)27-17-6-8-28(14-17)13-16-10-18(29-2)12-19(11-16)30-3;/h10-12,17H,4-9,13-15H2,1-3H3,(H2,25,26,27);1H. The van der Waals surface area contributed by atoms with Crippen LogP contribution in [-0.2, 0) is 11.3 Å². The van der Waals surface area contributed by atoms with Crippen LogP contribution in [0.4, 0.5) is 13.2 Å². The summed E-state index contributed by atoms with van der Waals surface area (Å²) in [4.78, 5) is 6.79. The van der Waals surface area contributed by atoms with Crippen molar-refractivity contribution >= 4 is 29.9 Å². The molecular weight excluding hydrogens is 540 g/mol. The predicted molar refractivity (Wildman–Crippen MR) is 129 cm³/mol. The van der Waals surface area contributed by atoms with E-state index in [2.05, 4.69) is 25.3 Å². The lowest BCUT2D eigenvalue weighted by Crippen LogP contribution is -2.44. The van der Waals surface area contributed by atoms with Gasteiger partial charge in [-0.3, -0.25) is 9.89 Å². The fourth-order valence-corrected chi connectivity index (χ4v) is 3.37. The number of likely N-dealkylation sites (tertiary alicyclic amines) is 1. The van der Waals surface area contributed by atoms with Gasteiger partial charge < -0.3 is 24.8 Å². The first-order valence-electron chi connectivity index (χ1n) is 10.5. The molecule has 0 saturated carbocycles. The molecule has 1 heterocycles. The van der Waals surface area contributed by atoms with Crippen LogP contribution >= 0.6 is 24.0 Å². The number of nitrogens with zero attached hydrogens (tertiary/aromatic N) is 2. The Labute approximate surface area is 205 Å². The number of hydrogen-bond donors (Lipinski definition) is 2. The van der Waals surface area contributed by atoms with Gasteiger partial charge in [0.1, 0.15) is 18.1 Å². The van der Waals surface area contributed by atoms with Crippen LogP contribution in [0.2, 0.25) is 0 Å². The summed E-state index contributed by atoms with van der Waals surface area (Å²) in [5.74, 6) is 2.21. The highest BCUT2D eigenvalue weighted by molar-refractivity contribution is 14.0. The molecule has 0 aliphatic carbocycles. The summed E-state index contributed by atoms with van der Waals surface area (Å²) in [6, 6.07) is 6.11. The lowest BCUT2D eigenvalue weighted by Gasteiger charge is -2.19. The van der Waals surface area contributed by atoms with E-state index < -0.39 is 12.8 Å². The third-order valence-electron chi connectivity index (χ3n) is 4.76. The van der Waals surface area contributed by atoms with Crippen LogP contribution in [0.1, 0.15) is 25.3 Å². The molecule has 1 aliphatic rings. The summed E-state index contributed by atoms with van der Waals surface area (Å²) in [5.41, 5.74) is 1.12. The number of rotatable bonds is 11. The van der Waals surface area contributed by atoms with Gasteiger partial charge in [0.25, 0.3) is 0 Å². The van der Waals surface area contributed by atoms with E-state index in [9.17, 15) is 13.2 Å². The molecule has 0 radical (unpaired) electrons. The molecule has 1 aromatic rings. The number of aliphatic imine (C=N–C) groups is 1. The molecule has 0 spiro atoms. The van der Waals surface area contributed by atoms with Crippen molar-refractivity contribution in [3.8, 4) is 11.5 Å². The zero-order valence-electron chi connectivity index (χ0n) is 18.8. The smallest absolute Gasteiger partial charge is 0.411 e. The van der Waals surface area contributed by atoms with E-state index in [-0.39, 0.29) is 36.6 Å². The van der Waals surface area contributed by atoms with Crippen LogP contribution in [0.15, 0.2) is 23.2 Å². The largest absolute Gasteiger partial charge is 0.497 e. The molecular formula is C21H34F3IN4O3. The van der Waals surface area contributed by atoms with E-state index in [0.29, 0.717) is 25.5 Å². The van der Waals surface area contributed by atoms with Crippen LogP contribution in [0.25, 0.3) is 0 Å². The summed E-state index contributed by atoms with van der Waals surface area (Å²) in [5, 5.41) is 6.61. The minimum Gasteiger partial charge on any atom is -0.497 e. The van der Waals surface area contributed by atoms with Crippen LogP contribution in [0.5, 0.6) is 11.5 Å². The fourth-order valence-electron chi connectivity index (χ4n) is 3.37. The van der Waals surface area contributed by atoms with E-state index in [1.165, 1.54) is 0 Å². The first-order valence-corrected chi connectivity index (χ1v) is 10.5. The second-order valence-electron chi connectivity index (χ2n) is 7.37. The number of ether oxygens (including phenoxy) is 3. The average Bonchev–Trinajstić information content (AvgIpc) is 3.16. The molecule has 32 heavy (non-hydrogen) atoms. The molecule has 0 aromatic heterocycles. The molecule has 1 unspecified atom stereocenters. The Kier molecular flexibility index (Phi) is 13.1. The maximum Gasteiger partial charge on any atom is 0.411 e. The van der Waals surface area contributed by atoms with Crippen LogP contribution < -0.4 is 20.1 Å². The van der Waals surface area contributed by atoms with Crippen molar-refractivity contribution in [2.45, 2.75) is 38.5 Å². The van der Waals surface area contributed by atoms with Gasteiger partial charge in [-0.05, 0) is 37.5 Å². The highest BCUT2D eigenvalue weighted by Crippen LogP contribution is 2.24. The van der Waals surface area contributed by atoms with Crippen LogP contribution in [0, 0.1) is 0 Å². The zero-order valence-corrected chi connectivity index (χ0v) is 21.2. The third kappa shape index (κ3) is 10.9. The molecule has 1 saturated heterocycles. The number of benzene rings is 1. The zero-order chi connectivity index (χ0) is 22.7. The quantitative estimate of drug-likeness (QED) is 0.183. The van der Waals surface area contributed by atoms with Gasteiger partial charge in [-0.2, -0.15) is 13.2 Å². The van der Waals surface area contributed by atoms with Crippen molar-refractivity contribution in [3.63, 3.8) is 0 Å². The fraction of sp³-hybridized carbons (Fsp3) is 0.667. The van der Waals surface area contributed by atoms with Gasteiger partial charge in [0.2, 0.25) is 0 Å². The van der Waals surface area contributed by atoms with Gasteiger partial charge in [0, 0.05) is 51.4 Å². The molecule has 2 rings (SSSR count). The maximum atomic E-state index is 12.1. The molecule has 1 atom stereocenters. The Hall–Kier alpha value is -1.47. The summed E-state index contributed by atoms with van der Waals surface area (Å²) in [7, 11) is 3.27. The van der Waals surface area contributed by atoms with E-state index >= 15 is 0 Å². The molecule has 0 bridgehead atoms. The van der Waals surface area contributed by atoms with Crippen molar-refractivity contribution in [1.82, 2.24) is 15.5 Å². The summed E-state index contributed by atoms with van der Waals surface area (Å²) in [6.45, 7) is 4.48. The molecule has 7 nitrogen and oxygen atoms in total. The Morgan fingerprint density at radius 3 is 2.47 bits per heavy atom. The van der Waals surface area contributed by atoms with Gasteiger partial charge in [0.05, 0.1) is 14.2 Å². The monoisotopic (exact) mass is 574 g/mol. The van der Waals surface area contributed by atoms with Crippen molar-refractivity contribution in [1.29, 1.82) is 0 Å². The number of nitrogens with one attached hydrogen (secondary N) is 2. The molecule has 0 amide bonds. The van der Waals surface area contributed by atoms with E-state index in [0.717, 1.165) is 43.1 Å². The van der Waals surface area contributed by atoms with E-state index in [1.807, 2.05) is 25.1 Å². The minimum absolute atomic E-state index is 0. The Morgan fingerprint density at radius 2 is 1.88 bits per heavy atom. The summed E-state index contributed by atoms with van der Waals surface area (Å²) in [6.07, 6.45) is -2.88. The van der Waals surface area contributed by atoms with Gasteiger partial charge in [-0.25, -0.2) is 0 Å². The first kappa shape index (κ1) is 28.6. The van der Waals surface area contributed by atoms with Crippen LogP contribution in [0.3, 0.4) is 0 Å². The molecule has 1 aromatic carbocycles. The van der Waals surface area contributed by atoms with E-state index in [1.54, 1.807) is 14.2 Å². The number of halogens is 4. The number of methoxy groups -OCH3 is 2. The molecule has 1 fully saturated rings. The lowest BCUT2D eigenvalue weighted by molar-refractivity contribution is -0.173. The van der Waals surface area contributed by atoms with Crippen molar-refractivity contribution in [2.24, 2.45) is 4.99 Å². The Bertz CT molecular complexity index is 685. The SMILES string of the molecule is CCNC(=NCCCOCC(F)(F)F)NC1CCN(Cc2cc(OC)cc(OC)c2)C1.I. The number of hydrogen-bond acceptors (Lipinski definition) is 5. The van der Waals surface area contributed by atoms with Gasteiger partial charge >= 0.3 is 6.18 Å². The molecule has 2 N–H and O–H groups in total. The van der Waals surface area contributed by atoms with Crippen molar-refractivity contribution in [2.75, 3.05) is 53.6 Å². The highest BCUT2D eigenvalue weighted by Gasteiger charge is 2.27. The average molecular weight is 574 g/mol. The third-order valence-corrected chi connectivity index (χ3v) is 4.76. The van der Waals surface area contributed by atoms with Crippen LogP contribution in [-0.4, -0.2) is 76.7 Å². The Morgan fingerprint density at radius 1 is 1.19 bits per heavy atom. The summed E-state index contributed by atoms with van der Waals surface area (Å²) < 4.78 is 51.5. The Balaban J connectivity index is 0.00000512. The molecule has 184 valence electrons. The predicted octanol–water partition coefficient (Wildman–Crippen LogP) is 3.42. The maximum absolute atomic E-state index is 12.1. The first-order chi connectivity index (χ1) is 14.8. The lowest BCUT2D eigenvalue weighted by atomic mass is 10.2. The normalized spacial score (nSPS) is 17.1. The van der Waals surface area contributed by atoms with Crippen molar-refractivity contribution < 1.29 is 27.4 Å². The second-order valence-corrected chi connectivity index (χ2v) is 7.37. The number of guanidine groups is 1. The number of alkyl halides is 3. The highest BCUT2D eigenvalue weighted by atomic mass is 127. The van der Waals surface area contributed by atoms with Gasteiger partial charge in [-0.1, -0.05) is 0 Å². The van der Waals surface area contributed by atoms with Gasteiger partial charge in [0.15, 0.2) is 5.96 Å². The minimum atomic E-state index is -4.29. The van der Waals surface area contributed by atoms with Crippen molar-refractivity contribution in [3.05, 3.63) is 23.8 Å². The second kappa shape index (κ2) is 14.6. The molecule has 1 aliphatic heterocycles. The van der Waals surface area contributed by atoms with E-state index in [4.69, 9.17) is 9.47 Å². The topological polar surface area (TPSA) is 67.4 Å².